The molecule has 50 heavy (non-hydrogen) atoms. The smallest absolute Gasteiger partial charge is 0.343 e. The number of benzene rings is 2. The lowest BCUT2D eigenvalue weighted by atomic mass is 9.99. The highest BCUT2D eigenvalue weighted by Crippen LogP contribution is 2.26. The number of hydrogen-bond donors (Lipinski definition) is 0. The molecule has 2 aromatic rings. The molecule has 0 aromatic heterocycles. The van der Waals surface area contributed by atoms with E-state index in [-0.39, 0.29) is 48.9 Å². The number of ether oxygens (including phenoxy) is 6. The summed E-state index contributed by atoms with van der Waals surface area (Å²) >= 11 is 0. The monoisotopic (exact) mass is 704 g/mol. The average Bonchev–Trinajstić information content (AvgIpc) is 3.00. The number of nitro groups is 2. The zero-order valence-electron chi connectivity index (χ0n) is 29.5. The van der Waals surface area contributed by atoms with Crippen LogP contribution in [-0.2, 0) is 38.1 Å². The number of carbonyl (C=O) groups excluding carboxylic acids is 4. The highest BCUT2D eigenvalue weighted by molar-refractivity contribution is 5.91. The Morgan fingerprint density at radius 1 is 0.620 bits per heavy atom. The molecular formula is C34H44N2O14. The fraction of sp³-hybridized carbons (Fsp3) is 0.529. The van der Waals surface area contributed by atoms with Crippen LogP contribution < -0.4 is 9.47 Å². The highest BCUT2D eigenvalue weighted by atomic mass is 16.6. The Hall–Kier alpha value is -4.96. The predicted molar refractivity (Wildman–Crippen MR) is 176 cm³/mol. The second-order valence-corrected chi connectivity index (χ2v) is 13.2. The first-order chi connectivity index (χ1) is 23.1. The van der Waals surface area contributed by atoms with Crippen LogP contribution in [0.2, 0.25) is 0 Å². The molecule has 0 aliphatic carbocycles. The maximum absolute atomic E-state index is 12.7. The van der Waals surface area contributed by atoms with Gasteiger partial charge in [0.1, 0.15) is 29.1 Å². The SMILES string of the molecule is CCC(C)(CCOC(C)(C)C(=O)Oc1ccc([N+](=O)[O-])cc1)OC(=O)CC(=O)OC(C)(C)CCOC(C)(C)C(=O)Oc1ccc([N+](=O)[O-])cc1. The number of hydrogen-bond acceptors (Lipinski definition) is 14. The van der Waals surface area contributed by atoms with E-state index < -0.39 is 62.5 Å². The van der Waals surface area contributed by atoms with E-state index in [1.54, 1.807) is 27.7 Å². The van der Waals surface area contributed by atoms with Crippen LogP contribution in [0.15, 0.2) is 48.5 Å². The van der Waals surface area contributed by atoms with Gasteiger partial charge in [-0.3, -0.25) is 29.8 Å². The normalized spacial score (nSPS) is 13.0. The number of non-ortho nitro benzene ring substituents is 2. The molecule has 0 fully saturated rings. The summed E-state index contributed by atoms with van der Waals surface area (Å²) in [7, 11) is 0. The lowest BCUT2D eigenvalue weighted by Gasteiger charge is -2.31. The predicted octanol–water partition coefficient (Wildman–Crippen LogP) is 5.81. The van der Waals surface area contributed by atoms with E-state index in [9.17, 15) is 39.4 Å². The molecule has 0 radical (unpaired) electrons. The first-order valence-electron chi connectivity index (χ1n) is 15.7. The Kier molecular flexibility index (Phi) is 14.1. The van der Waals surface area contributed by atoms with Gasteiger partial charge in [0.25, 0.3) is 11.4 Å². The maximum atomic E-state index is 12.7. The third kappa shape index (κ3) is 13.2. The van der Waals surface area contributed by atoms with Crippen molar-refractivity contribution in [3.05, 3.63) is 68.8 Å². The highest BCUT2D eigenvalue weighted by Gasteiger charge is 2.35. The maximum Gasteiger partial charge on any atom is 0.343 e. The number of rotatable bonds is 19. The summed E-state index contributed by atoms with van der Waals surface area (Å²) in [6.45, 7) is 12.6. The van der Waals surface area contributed by atoms with Crippen LogP contribution in [0.3, 0.4) is 0 Å². The molecule has 0 amide bonds. The lowest BCUT2D eigenvalue weighted by Crippen LogP contribution is -2.41. The molecule has 1 unspecified atom stereocenters. The van der Waals surface area contributed by atoms with Crippen molar-refractivity contribution >= 4 is 35.3 Å². The van der Waals surface area contributed by atoms with Crippen LogP contribution >= 0.6 is 0 Å². The van der Waals surface area contributed by atoms with E-state index in [0.29, 0.717) is 6.42 Å². The van der Waals surface area contributed by atoms with E-state index in [1.165, 1.54) is 76.2 Å². The average molecular weight is 705 g/mol. The fourth-order valence-corrected chi connectivity index (χ4v) is 4.05. The summed E-state index contributed by atoms with van der Waals surface area (Å²) in [5.74, 6) is -2.91. The Morgan fingerprint density at radius 2 is 1.00 bits per heavy atom. The zero-order chi connectivity index (χ0) is 37.9. The molecular weight excluding hydrogens is 660 g/mol. The van der Waals surface area contributed by atoms with Gasteiger partial charge in [0.2, 0.25) is 0 Å². The Labute approximate surface area is 289 Å². The molecule has 0 aliphatic heterocycles. The molecule has 0 saturated heterocycles. The Balaban J connectivity index is 1.80. The quantitative estimate of drug-likeness (QED) is 0.0556. The standard InChI is InChI=1S/C34H44N2O14/c1-9-34(8,19-21-46-33(6,7)30(40)48-26-16-12-24(13-17-26)36(43)44)50-28(38)22-27(37)49-31(2,3)18-20-45-32(4,5)29(39)47-25-14-10-23(11-15-25)35(41)42/h10-17H,9,18-22H2,1-8H3. The van der Waals surface area contributed by atoms with Crippen molar-refractivity contribution in [3.8, 4) is 11.5 Å². The second-order valence-electron chi connectivity index (χ2n) is 13.2. The van der Waals surface area contributed by atoms with Crippen LogP contribution in [0.5, 0.6) is 11.5 Å². The van der Waals surface area contributed by atoms with Crippen LogP contribution in [0, 0.1) is 20.2 Å². The van der Waals surface area contributed by atoms with Gasteiger partial charge in [-0.15, -0.1) is 0 Å². The number of nitrogens with zero attached hydrogens (tertiary/aromatic N) is 2. The summed E-state index contributed by atoms with van der Waals surface area (Å²) in [4.78, 5) is 71.1. The summed E-state index contributed by atoms with van der Waals surface area (Å²) in [5.41, 5.74) is -5.22. The molecule has 274 valence electrons. The van der Waals surface area contributed by atoms with Gasteiger partial charge in [0.15, 0.2) is 11.2 Å². The summed E-state index contributed by atoms with van der Waals surface area (Å²) in [6.07, 6.45) is 0.0507. The third-order valence-electron chi connectivity index (χ3n) is 7.55. The summed E-state index contributed by atoms with van der Waals surface area (Å²) < 4.78 is 33.1. The van der Waals surface area contributed by atoms with Crippen molar-refractivity contribution < 1.29 is 57.4 Å². The Bertz CT molecular complexity index is 1530. The first kappa shape index (κ1) is 41.2. The van der Waals surface area contributed by atoms with Gasteiger partial charge in [-0.2, -0.15) is 0 Å². The molecule has 1 atom stereocenters. The largest absolute Gasteiger partial charge is 0.459 e. The van der Waals surface area contributed by atoms with Crippen LogP contribution in [-0.4, -0.2) is 69.3 Å². The minimum absolute atomic E-state index is 0.00474. The van der Waals surface area contributed by atoms with Crippen molar-refractivity contribution in [2.24, 2.45) is 0 Å². The minimum atomic E-state index is -1.40. The molecule has 16 heteroatoms. The summed E-state index contributed by atoms with van der Waals surface area (Å²) in [5, 5.41) is 21.6. The van der Waals surface area contributed by atoms with Gasteiger partial charge in [-0.1, -0.05) is 6.92 Å². The van der Waals surface area contributed by atoms with Crippen LogP contribution in [0.1, 0.15) is 81.1 Å². The molecule has 0 aliphatic rings. The lowest BCUT2D eigenvalue weighted by molar-refractivity contribution is -0.385. The van der Waals surface area contributed by atoms with E-state index in [1.807, 2.05) is 0 Å². The topological polar surface area (TPSA) is 210 Å². The number of carbonyl (C=O) groups is 4. The molecule has 0 saturated carbocycles. The molecule has 0 N–H and O–H groups in total. The van der Waals surface area contributed by atoms with Gasteiger partial charge in [-0.25, -0.2) is 9.59 Å². The first-order valence-corrected chi connectivity index (χ1v) is 15.7. The van der Waals surface area contributed by atoms with E-state index in [4.69, 9.17) is 28.4 Å². The van der Waals surface area contributed by atoms with Gasteiger partial charge in [0.05, 0.1) is 23.1 Å². The van der Waals surface area contributed by atoms with E-state index >= 15 is 0 Å². The summed E-state index contributed by atoms with van der Waals surface area (Å²) in [6, 6.07) is 10.0. The van der Waals surface area contributed by atoms with E-state index in [2.05, 4.69) is 0 Å². The zero-order valence-corrected chi connectivity index (χ0v) is 29.5. The van der Waals surface area contributed by atoms with Crippen LogP contribution in [0.25, 0.3) is 0 Å². The second kappa shape index (κ2) is 17.1. The molecule has 0 heterocycles. The van der Waals surface area contributed by atoms with Gasteiger partial charge in [-0.05, 0) is 79.2 Å². The Morgan fingerprint density at radius 3 is 1.38 bits per heavy atom. The van der Waals surface area contributed by atoms with Crippen molar-refractivity contribution in [1.29, 1.82) is 0 Å². The minimum Gasteiger partial charge on any atom is -0.459 e. The molecule has 2 rings (SSSR count). The van der Waals surface area contributed by atoms with Crippen molar-refractivity contribution in [1.82, 2.24) is 0 Å². The van der Waals surface area contributed by atoms with Crippen molar-refractivity contribution in [2.75, 3.05) is 13.2 Å². The molecule has 2 aromatic carbocycles. The fourth-order valence-electron chi connectivity index (χ4n) is 4.05. The number of esters is 4. The molecule has 0 spiro atoms. The van der Waals surface area contributed by atoms with Gasteiger partial charge >= 0.3 is 23.9 Å². The molecule has 0 bridgehead atoms. The van der Waals surface area contributed by atoms with Gasteiger partial charge in [0, 0.05) is 37.1 Å². The van der Waals surface area contributed by atoms with Crippen molar-refractivity contribution in [2.45, 2.75) is 103 Å². The third-order valence-corrected chi connectivity index (χ3v) is 7.55. The van der Waals surface area contributed by atoms with Crippen LogP contribution in [0.4, 0.5) is 11.4 Å². The number of nitro benzene ring substituents is 2. The van der Waals surface area contributed by atoms with E-state index in [0.717, 1.165) is 0 Å². The van der Waals surface area contributed by atoms with Crippen molar-refractivity contribution in [3.63, 3.8) is 0 Å². The van der Waals surface area contributed by atoms with Gasteiger partial charge < -0.3 is 28.4 Å². The molecule has 16 nitrogen and oxygen atoms in total.